The Bertz CT molecular complexity index is 2000. The summed E-state index contributed by atoms with van der Waals surface area (Å²) >= 11 is 0. The molecular formula is C40H34N4O4. The summed E-state index contributed by atoms with van der Waals surface area (Å²) in [5, 5.41) is 24.7. The van der Waals surface area contributed by atoms with E-state index in [-0.39, 0.29) is 18.4 Å². The van der Waals surface area contributed by atoms with E-state index in [9.17, 15) is 14.7 Å². The van der Waals surface area contributed by atoms with Crippen LogP contribution in [0.15, 0.2) is 140 Å². The summed E-state index contributed by atoms with van der Waals surface area (Å²) in [6.07, 6.45) is 1.07. The van der Waals surface area contributed by atoms with E-state index < -0.39 is 0 Å². The molecule has 8 nitrogen and oxygen atoms in total. The van der Waals surface area contributed by atoms with E-state index in [1.54, 1.807) is 36.4 Å². The number of hydrogen-bond donors (Lipinski definition) is 3. The van der Waals surface area contributed by atoms with Crippen LogP contribution in [-0.4, -0.2) is 33.7 Å². The SMILES string of the molecule is O=C(Nc1ccccc1)c1cccc(-c2nnc(-c3ccccc3NC(=O)c3ccc(OCc4ccccc4)cc3)cc2CCCO)c1. The molecule has 0 aliphatic rings. The lowest BCUT2D eigenvalue weighted by atomic mass is 9.98. The number of ether oxygens (including phenoxy) is 1. The number of para-hydroxylation sites is 2. The quantitative estimate of drug-likeness (QED) is 0.127. The number of hydrogen-bond acceptors (Lipinski definition) is 6. The lowest BCUT2D eigenvalue weighted by Gasteiger charge is -2.14. The highest BCUT2D eigenvalue weighted by molar-refractivity contribution is 6.06. The van der Waals surface area contributed by atoms with E-state index >= 15 is 0 Å². The molecule has 0 saturated carbocycles. The van der Waals surface area contributed by atoms with Gasteiger partial charge in [-0.25, -0.2) is 0 Å². The Morgan fingerprint density at radius 2 is 1.38 bits per heavy atom. The molecule has 238 valence electrons. The van der Waals surface area contributed by atoms with Gasteiger partial charge in [0, 0.05) is 34.5 Å². The van der Waals surface area contributed by atoms with E-state index in [0.717, 1.165) is 16.7 Å². The molecule has 0 spiro atoms. The van der Waals surface area contributed by atoms with Crippen molar-refractivity contribution in [2.24, 2.45) is 0 Å². The van der Waals surface area contributed by atoms with Crippen LogP contribution in [0.5, 0.6) is 5.75 Å². The molecule has 0 fully saturated rings. The zero-order valence-electron chi connectivity index (χ0n) is 26.2. The van der Waals surface area contributed by atoms with Crippen LogP contribution in [-0.2, 0) is 13.0 Å². The standard InChI is InChI=1S/C40H34N4O4/c45-24-10-15-31-26-37(43-44-38(31)30-13-9-14-32(25-30)40(47)41-33-16-5-2-6-17-33)35-18-7-8-19-36(35)42-39(46)29-20-22-34(23-21-29)48-27-28-11-3-1-4-12-28/h1-9,11-14,16-23,25-26,45H,10,15,24,27H2,(H,41,47)(H,42,46). The number of aliphatic hydroxyl groups excluding tert-OH is 1. The Morgan fingerprint density at radius 1 is 0.667 bits per heavy atom. The second-order valence-electron chi connectivity index (χ2n) is 11.1. The lowest BCUT2D eigenvalue weighted by molar-refractivity contribution is 0.101. The normalized spacial score (nSPS) is 10.7. The van der Waals surface area contributed by atoms with Crippen molar-refractivity contribution in [3.63, 3.8) is 0 Å². The average Bonchev–Trinajstić information content (AvgIpc) is 3.14. The molecule has 8 heteroatoms. The fraction of sp³-hybridized carbons (Fsp3) is 0.100. The number of nitrogens with one attached hydrogen (secondary N) is 2. The minimum Gasteiger partial charge on any atom is -0.489 e. The Balaban J connectivity index is 1.21. The van der Waals surface area contributed by atoms with E-state index in [4.69, 9.17) is 4.74 Å². The van der Waals surface area contributed by atoms with Crippen molar-refractivity contribution in [2.75, 3.05) is 17.2 Å². The molecule has 0 bridgehead atoms. The maximum absolute atomic E-state index is 13.3. The highest BCUT2D eigenvalue weighted by Crippen LogP contribution is 2.31. The third kappa shape index (κ3) is 7.99. The van der Waals surface area contributed by atoms with Crippen molar-refractivity contribution in [1.29, 1.82) is 0 Å². The van der Waals surface area contributed by atoms with Gasteiger partial charge in [-0.2, -0.15) is 0 Å². The van der Waals surface area contributed by atoms with Gasteiger partial charge in [-0.3, -0.25) is 9.59 Å². The van der Waals surface area contributed by atoms with Crippen molar-refractivity contribution in [3.05, 3.63) is 162 Å². The van der Waals surface area contributed by atoms with Gasteiger partial charge in [-0.15, -0.1) is 10.2 Å². The summed E-state index contributed by atoms with van der Waals surface area (Å²) in [4.78, 5) is 26.3. The predicted octanol–water partition coefficient (Wildman–Crippen LogP) is 7.82. The molecule has 0 aliphatic carbocycles. The number of aryl methyl sites for hydroxylation is 1. The highest BCUT2D eigenvalue weighted by Gasteiger charge is 2.16. The number of amides is 2. The average molecular weight is 635 g/mol. The number of carbonyl (C=O) groups excluding carboxylic acids is 2. The van der Waals surface area contributed by atoms with Gasteiger partial charge in [0.2, 0.25) is 0 Å². The van der Waals surface area contributed by atoms with Gasteiger partial charge >= 0.3 is 0 Å². The molecule has 6 rings (SSSR count). The molecule has 1 aromatic heterocycles. The van der Waals surface area contributed by atoms with Crippen molar-refractivity contribution in [1.82, 2.24) is 10.2 Å². The maximum atomic E-state index is 13.3. The third-order valence-electron chi connectivity index (χ3n) is 7.72. The molecule has 3 N–H and O–H groups in total. The van der Waals surface area contributed by atoms with E-state index in [1.165, 1.54) is 0 Å². The zero-order valence-corrected chi connectivity index (χ0v) is 26.2. The van der Waals surface area contributed by atoms with Gasteiger partial charge < -0.3 is 20.5 Å². The molecule has 0 aliphatic heterocycles. The van der Waals surface area contributed by atoms with Crippen LogP contribution in [0.1, 0.15) is 38.3 Å². The number of nitrogens with zero attached hydrogens (tertiary/aromatic N) is 2. The number of rotatable bonds is 12. The predicted molar refractivity (Wildman–Crippen MR) is 188 cm³/mol. The van der Waals surface area contributed by atoms with Crippen LogP contribution < -0.4 is 15.4 Å². The van der Waals surface area contributed by atoms with Gasteiger partial charge in [-0.05, 0) is 84.6 Å². The first-order valence-corrected chi connectivity index (χ1v) is 15.7. The summed E-state index contributed by atoms with van der Waals surface area (Å²) < 4.78 is 5.86. The summed E-state index contributed by atoms with van der Waals surface area (Å²) in [6, 6.07) is 42.8. The first-order chi connectivity index (χ1) is 23.6. The van der Waals surface area contributed by atoms with Crippen LogP contribution in [0.25, 0.3) is 22.5 Å². The van der Waals surface area contributed by atoms with Crippen molar-refractivity contribution < 1.29 is 19.4 Å². The van der Waals surface area contributed by atoms with Gasteiger partial charge in [0.25, 0.3) is 11.8 Å². The van der Waals surface area contributed by atoms with E-state index in [0.29, 0.717) is 64.7 Å². The minimum absolute atomic E-state index is 0.0132. The largest absolute Gasteiger partial charge is 0.489 e. The number of benzene rings is 5. The van der Waals surface area contributed by atoms with Gasteiger partial charge in [0.15, 0.2) is 0 Å². The molecule has 1 heterocycles. The van der Waals surface area contributed by atoms with Gasteiger partial charge in [0.1, 0.15) is 12.4 Å². The molecule has 0 saturated heterocycles. The van der Waals surface area contributed by atoms with Gasteiger partial charge in [0.05, 0.1) is 17.1 Å². The first kappa shape index (κ1) is 31.8. The number of anilines is 2. The van der Waals surface area contributed by atoms with Crippen molar-refractivity contribution in [2.45, 2.75) is 19.4 Å². The number of carbonyl (C=O) groups is 2. The smallest absolute Gasteiger partial charge is 0.255 e. The summed E-state index contributed by atoms with van der Waals surface area (Å²) in [5.74, 6) is 0.167. The van der Waals surface area contributed by atoms with Crippen LogP contribution in [0.3, 0.4) is 0 Å². The van der Waals surface area contributed by atoms with Crippen molar-refractivity contribution >= 4 is 23.2 Å². The highest BCUT2D eigenvalue weighted by atomic mass is 16.5. The lowest BCUT2D eigenvalue weighted by Crippen LogP contribution is -2.13. The number of aromatic nitrogens is 2. The van der Waals surface area contributed by atoms with Crippen LogP contribution in [0, 0.1) is 0 Å². The van der Waals surface area contributed by atoms with E-state index in [1.807, 2.05) is 103 Å². The zero-order chi connectivity index (χ0) is 33.1. The molecular weight excluding hydrogens is 600 g/mol. The minimum atomic E-state index is -0.271. The summed E-state index contributed by atoms with van der Waals surface area (Å²) in [6.45, 7) is 0.453. The molecule has 0 unspecified atom stereocenters. The van der Waals surface area contributed by atoms with E-state index in [2.05, 4.69) is 20.8 Å². The topological polar surface area (TPSA) is 113 Å². The third-order valence-corrected chi connectivity index (χ3v) is 7.72. The fourth-order valence-corrected chi connectivity index (χ4v) is 5.25. The van der Waals surface area contributed by atoms with Crippen LogP contribution >= 0.6 is 0 Å². The van der Waals surface area contributed by atoms with Crippen molar-refractivity contribution in [3.8, 4) is 28.3 Å². The first-order valence-electron chi connectivity index (χ1n) is 15.7. The molecule has 0 radical (unpaired) electrons. The fourth-order valence-electron chi connectivity index (χ4n) is 5.25. The molecule has 0 atom stereocenters. The van der Waals surface area contributed by atoms with Crippen LogP contribution in [0.2, 0.25) is 0 Å². The number of aliphatic hydroxyl groups is 1. The Labute approximate surface area is 279 Å². The molecule has 5 aromatic carbocycles. The Kier molecular flexibility index (Phi) is 10.2. The second kappa shape index (κ2) is 15.4. The monoisotopic (exact) mass is 634 g/mol. The Hall–Kier alpha value is -6.12. The summed E-state index contributed by atoms with van der Waals surface area (Å²) in [7, 11) is 0. The van der Waals surface area contributed by atoms with Crippen LogP contribution in [0.4, 0.5) is 11.4 Å². The van der Waals surface area contributed by atoms with Gasteiger partial charge in [-0.1, -0.05) is 78.9 Å². The Morgan fingerprint density at radius 3 is 2.15 bits per heavy atom. The summed E-state index contributed by atoms with van der Waals surface area (Å²) in [5.41, 5.74) is 6.82. The molecule has 6 aromatic rings. The molecule has 48 heavy (non-hydrogen) atoms. The second-order valence-corrected chi connectivity index (χ2v) is 11.1. The molecule has 2 amide bonds. The maximum Gasteiger partial charge on any atom is 0.255 e.